The smallest absolute Gasteiger partial charge is 0.325 e. The van der Waals surface area contributed by atoms with Crippen LogP contribution in [0, 0.1) is 0 Å². The Kier molecular flexibility index (Phi) is 9.27. The highest BCUT2D eigenvalue weighted by Crippen LogP contribution is 2.40. The van der Waals surface area contributed by atoms with Gasteiger partial charge in [-0.2, -0.15) is 0 Å². The average molecular weight is 792 g/mol. The lowest BCUT2D eigenvalue weighted by molar-refractivity contribution is -0.118. The van der Waals surface area contributed by atoms with E-state index in [4.69, 9.17) is 9.63 Å². The Morgan fingerprint density at radius 2 is 1.16 bits per heavy atom. The summed E-state index contributed by atoms with van der Waals surface area (Å²) in [7, 11) is -3.59. The maximum atomic E-state index is 14.1. The number of benzene rings is 3. The molecule has 6 N–H and O–H groups in total. The van der Waals surface area contributed by atoms with Crippen molar-refractivity contribution in [3.63, 3.8) is 0 Å². The lowest BCUT2D eigenvalue weighted by Crippen LogP contribution is -2.29. The first-order valence-electron chi connectivity index (χ1n) is 19.2. The topological polar surface area (TPSA) is 204 Å². The number of fused-ring (bicyclic) bond motifs is 9. The molecule has 0 bridgehead atoms. The lowest BCUT2D eigenvalue weighted by Gasteiger charge is -2.17. The number of hydrogen-bond donors (Lipinski definition) is 6. The van der Waals surface area contributed by atoms with Gasteiger partial charge in [-0.1, -0.05) is 0 Å². The second-order valence-electron chi connectivity index (χ2n) is 14.9. The van der Waals surface area contributed by atoms with Crippen molar-refractivity contribution in [3.05, 3.63) is 88.4 Å². The van der Waals surface area contributed by atoms with Crippen molar-refractivity contribution in [1.82, 2.24) is 20.3 Å². The van der Waals surface area contributed by atoms with Crippen LogP contribution < -0.4 is 20.0 Å². The Hall–Kier alpha value is -5.73. The largest absolute Gasteiger partial charge is 0.396 e. The molecule has 1 atom stereocenters. The van der Waals surface area contributed by atoms with Gasteiger partial charge in [-0.25, -0.2) is 0 Å². The van der Waals surface area contributed by atoms with Crippen molar-refractivity contribution in [2.24, 2.45) is 0 Å². The van der Waals surface area contributed by atoms with E-state index in [1.807, 2.05) is 54.6 Å². The fourth-order valence-electron chi connectivity index (χ4n) is 8.63. The van der Waals surface area contributed by atoms with Crippen molar-refractivity contribution in [1.29, 1.82) is 0 Å². The molecule has 0 spiro atoms. The average Bonchev–Trinajstić information content (AvgIpc) is 4.04. The molecule has 6 heterocycles. The van der Waals surface area contributed by atoms with Crippen LogP contribution >= 0.6 is 7.60 Å². The van der Waals surface area contributed by atoms with Gasteiger partial charge in [0, 0.05) is 95.6 Å². The quantitative estimate of drug-likeness (QED) is 0.0764. The van der Waals surface area contributed by atoms with Crippen molar-refractivity contribution in [3.8, 4) is 0 Å². The highest BCUT2D eigenvalue weighted by atomic mass is 31.2. The predicted molar refractivity (Wildman–Crippen MR) is 217 cm³/mol. The van der Waals surface area contributed by atoms with E-state index in [2.05, 4.69) is 20.3 Å². The summed E-state index contributed by atoms with van der Waals surface area (Å²) in [6, 6.07) is 17.0. The second-order valence-corrected chi connectivity index (χ2v) is 16.8. The summed E-state index contributed by atoms with van der Waals surface area (Å²) < 4.78 is 16.3. The predicted octanol–water partition coefficient (Wildman–Crippen LogP) is 5.15. The molecule has 6 aromatic rings. The monoisotopic (exact) mass is 791 g/mol. The highest BCUT2D eigenvalue weighted by molar-refractivity contribution is 7.51. The first-order chi connectivity index (χ1) is 27.5. The van der Waals surface area contributed by atoms with Crippen molar-refractivity contribution in [2.45, 2.75) is 38.5 Å². The van der Waals surface area contributed by atoms with Gasteiger partial charge in [0.1, 0.15) is 17.1 Å². The third-order valence-corrected chi connectivity index (χ3v) is 11.9. The number of aromatic amines is 3. The van der Waals surface area contributed by atoms with Crippen molar-refractivity contribution < 1.29 is 38.3 Å². The molecule has 0 saturated heterocycles. The molecule has 3 aromatic carbocycles. The number of anilines is 3. The van der Waals surface area contributed by atoms with Crippen molar-refractivity contribution in [2.75, 3.05) is 60.8 Å². The molecule has 3 aliphatic heterocycles. The van der Waals surface area contributed by atoms with Crippen LogP contribution in [0.4, 0.5) is 17.1 Å². The minimum absolute atomic E-state index is 0.00182. The van der Waals surface area contributed by atoms with E-state index in [0.717, 1.165) is 73.1 Å². The molecule has 3 aliphatic rings. The van der Waals surface area contributed by atoms with Crippen LogP contribution in [0.1, 0.15) is 67.4 Å². The Bertz CT molecular complexity index is 2690. The molecule has 9 rings (SSSR count). The Morgan fingerprint density at radius 1 is 0.702 bits per heavy atom. The van der Waals surface area contributed by atoms with Gasteiger partial charge in [0.15, 0.2) is 0 Å². The van der Waals surface area contributed by atoms with Gasteiger partial charge in [0.25, 0.3) is 17.7 Å². The molecule has 0 aliphatic carbocycles. The summed E-state index contributed by atoms with van der Waals surface area (Å²) in [5.74, 6) is -0.648. The molecule has 4 amide bonds. The lowest BCUT2D eigenvalue weighted by atomic mass is 10.1. The summed E-state index contributed by atoms with van der Waals surface area (Å²) >= 11 is 0. The highest BCUT2D eigenvalue weighted by Gasteiger charge is 2.33. The standard InChI is InChI=1S/C41H42N7O8P/c1-57(54,55)56-19-2-4-38(50)46-15-11-23-27-21-33(44-30(27)5-8-35(23)46)40(52)48-17-13-25-28-22-34(45-31(28)7-10-37(25)48)41(53)47-16-12-24-26-20-32(39(51)42-14-3-18-49)43-29(26)6-9-36(24)47/h5-10,20-22,43-45,49H,2-4,11-19H2,1H3,(H,42,51)(H,54,55). The number of amides is 4. The number of nitrogens with one attached hydrogen (secondary N) is 4. The van der Waals surface area contributed by atoms with Gasteiger partial charge < -0.3 is 49.5 Å². The number of aliphatic hydroxyl groups is 1. The van der Waals surface area contributed by atoms with Gasteiger partial charge in [-0.15, -0.1) is 0 Å². The molecular weight excluding hydrogens is 749 g/mol. The minimum Gasteiger partial charge on any atom is -0.396 e. The van der Waals surface area contributed by atoms with Crippen molar-refractivity contribution >= 4 is 81.0 Å². The molecule has 0 saturated carbocycles. The Balaban J connectivity index is 0.918. The zero-order chi connectivity index (χ0) is 39.6. The number of aliphatic hydroxyl groups excluding tert-OH is 1. The number of carbonyl (C=O) groups excluding carboxylic acids is 4. The van der Waals surface area contributed by atoms with E-state index in [1.54, 1.807) is 14.7 Å². The summed E-state index contributed by atoms with van der Waals surface area (Å²) in [4.78, 5) is 78.2. The van der Waals surface area contributed by atoms with Crippen LogP contribution in [0.2, 0.25) is 0 Å². The SMILES string of the molecule is CP(=O)(O)OCCCC(=O)N1CCc2c1ccc1[nH]c(C(=O)N3CCc4c3ccc3[nH]c(C(=O)N5CCc6c5ccc5[nH]c(C(=O)NCCCO)cc65)cc43)cc21. The van der Waals surface area contributed by atoms with Crippen LogP contribution in [-0.2, 0) is 33.1 Å². The number of hydrogen-bond acceptors (Lipinski definition) is 7. The van der Waals surface area contributed by atoms with Gasteiger partial charge in [-0.05, 0) is 103 Å². The normalized spacial score (nSPS) is 15.7. The number of aromatic nitrogens is 3. The summed E-state index contributed by atoms with van der Waals surface area (Å²) in [5, 5.41) is 14.5. The molecule has 1 unspecified atom stereocenters. The maximum Gasteiger partial charge on any atom is 0.325 e. The number of rotatable bonds is 11. The van der Waals surface area contributed by atoms with Gasteiger partial charge in [0.2, 0.25) is 5.91 Å². The summed E-state index contributed by atoms with van der Waals surface area (Å²) in [6.45, 7) is 3.03. The third kappa shape index (κ3) is 6.59. The molecular formula is C41H42N7O8P. The summed E-state index contributed by atoms with van der Waals surface area (Å²) in [6.07, 6.45) is 2.92. The van der Waals surface area contributed by atoms with Crippen LogP contribution in [-0.4, -0.2) is 94.6 Å². The first kappa shape index (κ1) is 36.9. The number of carbonyl (C=O) groups is 4. The third-order valence-electron chi connectivity index (χ3n) is 11.3. The summed E-state index contributed by atoms with van der Waals surface area (Å²) in [5.41, 5.74) is 9.19. The van der Waals surface area contributed by atoms with E-state index in [-0.39, 0.29) is 43.3 Å². The van der Waals surface area contributed by atoms with Crippen LogP contribution in [0.3, 0.4) is 0 Å². The fraction of sp³-hybridized carbons (Fsp3) is 0.317. The fourth-order valence-corrected chi connectivity index (χ4v) is 9.10. The van der Waals surface area contributed by atoms with Crippen LogP contribution in [0.15, 0.2) is 54.6 Å². The first-order valence-corrected chi connectivity index (χ1v) is 21.2. The van der Waals surface area contributed by atoms with Crippen LogP contribution in [0.5, 0.6) is 0 Å². The van der Waals surface area contributed by atoms with Crippen LogP contribution in [0.25, 0.3) is 32.7 Å². The molecule has 0 fully saturated rings. The molecule has 16 heteroatoms. The number of nitrogens with zero attached hydrogens (tertiary/aromatic N) is 3. The van der Waals surface area contributed by atoms with E-state index in [9.17, 15) is 28.6 Å². The van der Waals surface area contributed by atoms with Gasteiger partial charge in [0.05, 0.1) is 6.61 Å². The van der Waals surface area contributed by atoms with E-state index in [1.165, 1.54) is 0 Å². The van der Waals surface area contributed by atoms with E-state index >= 15 is 0 Å². The zero-order valence-corrected chi connectivity index (χ0v) is 32.2. The Labute approximate surface area is 326 Å². The molecule has 3 aromatic heterocycles. The minimum atomic E-state index is -3.59. The van der Waals surface area contributed by atoms with E-state index in [0.29, 0.717) is 75.4 Å². The molecule has 294 valence electrons. The van der Waals surface area contributed by atoms with Gasteiger partial charge in [-0.3, -0.25) is 23.7 Å². The molecule has 57 heavy (non-hydrogen) atoms. The number of H-pyrrole nitrogens is 3. The zero-order valence-electron chi connectivity index (χ0n) is 31.3. The van der Waals surface area contributed by atoms with E-state index < -0.39 is 7.60 Å². The Morgan fingerprint density at radius 3 is 1.65 bits per heavy atom. The maximum absolute atomic E-state index is 14.1. The molecule has 15 nitrogen and oxygen atoms in total. The molecule has 0 radical (unpaired) electrons. The second kappa shape index (κ2) is 14.3. The van der Waals surface area contributed by atoms with Gasteiger partial charge >= 0.3 is 7.60 Å².